The predicted octanol–water partition coefficient (Wildman–Crippen LogP) is 1.39. The van der Waals surface area contributed by atoms with Gasteiger partial charge in [0, 0.05) is 7.11 Å². The fourth-order valence-corrected chi connectivity index (χ4v) is 1.70. The van der Waals surface area contributed by atoms with Gasteiger partial charge in [0.1, 0.15) is 6.67 Å². The van der Waals surface area contributed by atoms with Crippen molar-refractivity contribution in [1.29, 1.82) is 0 Å². The Balaban J connectivity index is 2.77. The zero-order valence-electron chi connectivity index (χ0n) is 10.6. The van der Waals surface area contributed by atoms with E-state index in [1.54, 1.807) is 24.3 Å². The van der Waals surface area contributed by atoms with E-state index in [2.05, 4.69) is 4.74 Å². The van der Waals surface area contributed by atoms with E-state index in [-0.39, 0.29) is 12.4 Å². The minimum absolute atomic E-state index is 0.212. The molecule has 0 fully saturated rings. The minimum Gasteiger partial charge on any atom is -0.469 e. The van der Waals surface area contributed by atoms with E-state index in [1.165, 1.54) is 14.2 Å². The molecule has 0 saturated heterocycles. The van der Waals surface area contributed by atoms with Crippen LogP contribution in [0.3, 0.4) is 0 Å². The first-order valence-electron chi connectivity index (χ1n) is 5.62. The van der Waals surface area contributed by atoms with E-state index < -0.39 is 18.8 Å². The average molecular weight is 255 g/mol. The first kappa shape index (κ1) is 14.6. The maximum Gasteiger partial charge on any atom is 0.309 e. The summed E-state index contributed by atoms with van der Waals surface area (Å²) in [5, 5.41) is 0. The van der Waals surface area contributed by atoms with Gasteiger partial charge < -0.3 is 15.2 Å². The molecular formula is C13H18FNO3. The van der Waals surface area contributed by atoms with Crippen molar-refractivity contribution in [3.63, 3.8) is 0 Å². The topological polar surface area (TPSA) is 61.5 Å². The Bertz CT molecular complexity index is 380. The van der Waals surface area contributed by atoms with E-state index in [1.807, 2.05) is 0 Å². The zero-order valence-corrected chi connectivity index (χ0v) is 10.6. The first-order chi connectivity index (χ1) is 8.62. The van der Waals surface area contributed by atoms with Crippen LogP contribution in [-0.4, -0.2) is 32.9 Å². The second kappa shape index (κ2) is 7.08. The van der Waals surface area contributed by atoms with Gasteiger partial charge in [0.15, 0.2) is 0 Å². The smallest absolute Gasteiger partial charge is 0.309 e. The molecule has 1 rings (SSSR count). The second-order valence-electron chi connectivity index (χ2n) is 3.97. The third-order valence-corrected chi connectivity index (χ3v) is 2.71. The van der Waals surface area contributed by atoms with E-state index >= 15 is 0 Å². The number of methoxy groups -OCH3 is 2. The van der Waals surface area contributed by atoms with Gasteiger partial charge in [-0.25, -0.2) is 4.39 Å². The monoisotopic (exact) mass is 255 g/mol. The molecule has 0 aromatic heterocycles. The van der Waals surface area contributed by atoms with Gasteiger partial charge in [0.05, 0.1) is 25.7 Å². The number of carbonyl (C=O) groups is 1. The van der Waals surface area contributed by atoms with Crippen molar-refractivity contribution >= 4 is 5.97 Å². The molecule has 0 aliphatic rings. The van der Waals surface area contributed by atoms with Crippen molar-refractivity contribution in [2.75, 3.05) is 20.9 Å². The quantitative estimate of drug-likeness (QED) is 0.780. The number of esters is 1. The van der Waals surface area contributed by atoms with E-state index in [0.29, 0.717) is 0 Å². The molecule has 0 spiro atoms. The van der Waals surface area contributed by atoms with E-state index in [9.17, 15) is 9.18 Å². The Kier molecular flexibility index (Phi) is 5.74. The number of rotatable bonds is 6. The number of hydrogen-bond acceptors (Lipinski definition) is 4. The molecule has 2 unspecified atom stereocenters. The number of benzene rings is 1. The molecule has 2 N–H and O–H groups in total. The molecule has 18 heavy (non-hydrogen) atoms. The molecule has 5 heteroatoms. The Morgan fingerprint density at radius 1 is 1.33 bits per heavy atom. The number of halogens is 1. The molecule has 0 aliphatic carbocycles. The molecule has 0 saturated carbocycles. The number of alkyl halides is 1. The summed E-state index contributed by atoms with van der Waals surface area (Å²) in [5.41, 5.74) is 7.24. The molecular weight excluding hydrogens is 237 g/mol. The Morgan fingerprint density at radius 2 is 1.94 bits per heavy atom. The van der Waals surface area contributed by atoms with Crippen LogP contribution in [0.25, 0.3) is 0 Å². The van der Waals surface area contributed by atoms with Crippen LogP contribution in [-0.2, 0) is 20.7 Å². The SMILES string of the molecule is COC(=O)Cc1ccc(C(OC)C(N)CF)cc1. The highest BCUT2D eigenvalue weighted by atomic mass is 19.1. The van der Waals surface area contributed by atoms with Crippen LogP contribution in [0.15, 0.2) is 24.3 Å². The molecule has 100 valence electrons. The number of nitrogens with two attached hydrogens (primary N) is 1. The lowest BCUT2D eigenvalue weighted by Crippen LogP contribution is -2.31. The fraction of sp³-hybridized carbons (Fsp3) is 0.462. The molecule has 4 nitrogen and oxygen atoms in total. The summed E-state index contributed by atoms with van der Waals surface area (Å²) < 4.78 is 22.3. The number of hydrogen-bond donors (Lipinski definition) is 1. The number of carbonyl (C=O) groups excluding carboxylic acids is 1. The Hall–Kier alpha value is -1.46. The van der Waals surface area contributed by atoms with Gasteiger partial charge in [-0.15, -0.1) is 0 Å². The van der Waals surface area contributed by atoms with Gasteiger partial charge >= 0.3 is 5.97 Å². The molecule has 1 aromatic carbocycles. The molecule has 1 aromatic rings. The van der Waals surface area contributed by atoms with Crippen molar-refractivity contribution < 1.29 is 18.7 Å². The van der Waals surface area contributed by atoms with Crippen LogP contribution in [0.1, 0.15) is 17.2 Å². The third-order valence-electron chi connectivity index (χ3n) is 2.71. The van der Waals surface area contributed by atoms with Crippen molar-refractivity contribution in [2.24, 2.45) is 5.73 Å². The summed E-state index contributed by atoms with van der Waals surface area (Å²) in [5.74, 6) is -0.300. The lowest BCUT2D eigenvalue weighted by Gasteiger charge is -2.20. The predicted molar refractivity (Wildman–Crippen MR) is 65.9 cm³/mol. The van der Waals surface area contributed by atoms with Crippen LogP contribution in [0, 0.1) is 0 Å². The largest absolute Gasteiger partial charge is 0.469 e. The second-order valence-corrected chi connectivity index (χ2v) is 3.97. The van der Waals surface area contributed by atoms with E-state index in [4.69, 9.17) is 10.5 Å². The van der Waals surface area contributed by atoms with Crippen LogP contribution in [0.2, 0.25) is 0 Å². The fourth-order valence-electron chi connectivity index (χ4n) is 1.70. The highest BCUT2D eigenvalue weighted by Gasteiger charge is 2.19. The van der Waals surface area contributed by atoms with Gasteiger partial charge in [0.2, 0.25) is 0 Å². The van der Waals surface area contributed by atoms with Crippen molar-refractivity contribution in [1.82, 2.24) is 0 Å². The molecule has 0 heterocycles. The highest BCUT2D eigenvalue weighted by Crippen LogP contribution is 2.20. The van der Waals surface area contributed by atoms with Crippen molar-refractivity contribution in [3.05, 3.63) is 35.4 Å². The summed E-state index contributed by atoms with van der Waals surface area (Å²) >= 11 is 0. The molecule has 2 atom stereocenters. The van der Waals surface area contributed by atoms with Crippen LogP contribution in [0.4, 0.5) is 4.39 Å². The minimum atomic E-state index is -0.693. The summed E-state index contributed by atoms with van der Waals surface area (Å²) in [6, 6.07) is 6.43. The lowest BCUT2D eigenvalue weighted by molar-refractivity contribution is -0.139. The maximum absolute atomic E-state index is 12.5. The van der Waals surface area contributed by atoms with Crippen LogP contribution in [0.5, 0.6) is 0 Å². The van der Waals surface area contributed by atoms with Gasteiger partial charge in [-0.1, -0.05) is 24.3 Å². The third kappa shape index (κ3) is 3.78. The summed E-state index contributed by atoms with van der Waals surface area (Å²) in [6.07, 6.45) is -0.272. The standard InChI is InChI=1S/C13H18FNO3/c1-17-12(16)7-9-3-5-10(6-4-9)13(18-2)11(15)8-14/h3-6,11,13H,7-8,15H2,1-2H3. The lowest BCUT2D eigenvalue weighted by atomic mass is 10.0. The van der Waals surface area contributed by atoms with Crippen LogP contribution < -0.4 is 5.73 Å². The Labute approximate surface area is 106 Å². The highest BCUT2D eigenvalue weighted by molar-refractivity contribution is 5.72. The average Bonchev–Trinajstić information content (AvgIpc) is 2.41. The molecule has 0 radical (unpaired) electrons. The van der Waals surface area contributed by atoms with E-state index in [0.717, 1.165) is 11.1 Å². The van der Waals surface area contributed by atoms with Gasteiger partial charge in [-0.3, -0.25) is 4.79 Å². The maximum atomic E-state index is 12.5. The van der Waals surface area contributed by atoms with Crippen molar-refractivity contribution in [3.8, 4) is 0 Å². The Morgan fingerprint density at radius 3 is 2.39 bits per heavy atom. The molecule has 0 amide bonds. The van der Waals surface area contributed by atoms with Gasteiger partial charge in [0.25, 0.3) is 0 Å². The van der Waals surface area contributed by atoms with Crippen LogP contribution >= 0.6 is 0 Å². The normalized spacial score (nSPS) is 14.0. The molecule has 0 aliphatic heterocycles. The summed E-state index contributed by atoms with van der Waals surface area (Å²) in [4.78, 5) is 11.1. The summed E-state index contributed by atoms with van der Waals surface area (Å²) in [6.45, 7) is -0.650. The van der Waals surface area contributed by atoms with Crippen molar-refractivity contribution in [2.45, 2.75) is 18.6 Å². The first-order valence-corrected chi connectivity index (χ1v) is 5.62. The van der Waals surface area contributed by atoms with Gasteiger partial charge in [-0.05, 0) is 11.1 Å². The summed E-state index contributed by atoms with van der Waals surface area (Å²) in [7, 11) is 2.83. The number of ether oxygens (including phenoxy) is 2. The zero-order chi connectivity index (χ0) is 13.5. The van der Waals surface area contributed by atoms with Gasteiger partial charge in [-0.2, -0.15) is 0 Å². The molecule has 0 bridgehead atoms.